The zero-order valence-corrected chi connectivity index (χ0v) is 18.2. The lowest BCUT2D eigenvalue weighted by Crippen LogP contribution is -1.97. The summed E-state index contributed by atoms with van der Waals surface area (Å²) in [6.07, 6.45) is 0. The highest BCUT2D eigenvalue weighted by Crippen LogP contribution is 2.54. The molecule has 0 spiro atoms. The summed E-state index contributed by atoms with van der Waals surface area (Å²) in [7, 11) is -1.78. The average Bonchev–Trinajstić information content (AvgIpc) is 2.75. The number of rotatable bonds is 7. The molecule has 0 aliphatic heterocycles. The van der Waals surface area contributed by atoms with Crippen molar-refractivity contribution in [3.8, 4) is 5.75 Å². The van der Waals surface area contributed by atoms with Crippen LogP contribution in [-0.4, -0.2) is 7.11 Å². The molecule has 3 rings (SSSR count). The number of halogens is 2. The molecule has 6 heteroatoms. The molecule has 29 heavy (non-hydrogen) atoms. The second-order valence-corrected chi connectivity index (χ2v) is 9.18. The van der Waals surface area contributed by atoms with Crippen LogP contribution in [0, 0.1) is 0 Å². The molecule has 3 nitrogen and oxygen atoms in total. The third kappa shape index (κ3) is 5.77. The van der Waals surface area contributed by atoms with Crippen molar-refractivity contribution in [2.75, 3.05) is 12.2 Å². The Kier molecular flexibility index (Phi) is 7.22. The van der Waals surface area contributed by atoms with Gasteiger partial charge in [-0.25, -0.2) is 0 Å². The van der Waals surface area contributed by atoms with Crippen LogP contribution in [0.15, 0.2) is 96.6 Å². The lowest BCUT2D eigenvalue weighted by molar-refractivity contribution is 0.417. The van der Waals surface area contributed by atoms with Crippen LogP contribution in [0.25, 0.3) is 10.1 Å². The van der Waals surface area contributed by atoms with E-state index in [2.05, 4.69) is 5.09 Å². The Morgan fingerprint density at radius 2 is 1.24 bits per heavy atom. The third-order valence-corrected chi connectivity index (χ3v) is 6.94. The molecule has 0 fully saturated rings. The average molecular weight is 444 g/mol. The van der Waals surface area contributed by atoms with Crippen LogP contribution in [0.4, 0.5) is 5.69 Å². The standard InChI is InChI=1S/C23H20Cl2NO2P/c1-28-23-15-9-8-14-22(23)26-29(27,16-20(24)18-10-4-2-5-11-18)17-21(25)19-12-6-3-7-13-19/h2-17H,1H3,(H,26,27). The zero-order valence-electron chi connectivity index (χ0n) is 15.8. The molecule has 0 saturated heterocycles. The van der Waals surface area contributed by atoms with Crippen molar-refractivity contribution < 1.29 is 9.30 Å². The zero-order chi connectivity index (χ0) is 20.7. The maximum absolute atomic E-state index is 13.9. The predicted molar refractivity (Wildman–Crippen MR) is 125 cm³/mol. The monoisotopic (exact) mass is 443 g/mol. The number of anilines is 1. The molecule has 1 N–H and O–H groups in total. The molecule has 0 amide bonds. The summed E-state index contributed by atoms with van der Waals surface area (Å²) in [6.45, 7) is 0. The third-order valence-electron chi connectivity index (χ3n) is 4.11. The highest BCUT2D eigenvalue weighted by atomic mass is 35.5. The summed E-state index contributed by atoms with van der Waals surface area (Å²) in [5, 5.41) is 3.82. The molecular formula is C23H20Cl2NO2P. The van der Waals surface area contributed by atoms with Crippen LogP contribution >= 0.6 is 30.5 Å². The topological polar surface area (TPSA) is 38.3 Å². The fraction of sp³-hybridized carbons (Fsp3) is 0.0435. The molecule has 0 saturated carbocycles. The molecule has 0 radical (unpaired) electrons. The number of hydrogen-bond donors (Lipinski definition) is 1. The van der Waals surface area contributed by atoms with Crippen LogP contribution in [0.3, 0.4) is 0 Å². The first-order valence-electron chi connectivity index (χ1n) is 8.89. The Labute approximate surface area is 181 Å². The first-order valence-corrected chi connectivity index (χ1v) is 11.5. The Bertz CT molecular complexity index is 1010. The molecule has 0 atom stereocenters. The van der Waals surface area contributed by atoms with Gasteiger partial charge in [0.05, 0.1) is 22.9 Å². The smallest absolute Gasteiger partial charge is 0.216 e. The van der Waals surface area contributed by atoms with Gasteiger partial charge in [-0.15, -0.1) is 0 Å². The van der Waals surface area contributed by atoms with Crippen molar-refractivity contribution in [3.63, 3.8) is 0 Å². The molecule has 0 aliphatic carbocycles. The maximum atomic E-state index is 13.9. The van der Waals surface area contributed by atoms with E-state index in [1.54, 1.807) is 19.2 Å². The van der Waals surface area contributed by atoms with Crippen LogP contribution in [0.2, 0.25) is 0 Å². The Morgan fingerprint density at radius 1 is 0.793 bits per heavy atom. The van der Waals surface area contributed by atoms with Gasteiger partial charge in [-0.2, -0.15) is 0 Å². The summed E-state index contributed by atoms with van der Waals surface area (Å²) in [6, 6.07) is 26.0. The fourth-order valence-electron chi connectivity index (χ4n) is 2.71. The van der Waals surface area contributed by atoms with Gasteiger partial charge in [0.25, 0.3) is 0 Å². The van der Waals surface area contributed by atoms with Gasteiger partial charge in [0, 0.05) is 11.6 Å². The molecule has 3 aromatic rings. The number of methoxy groups -OCH3 is 1. The van der Waals surface area contributed by atoms with Gasteiger partial charge >= 0.3 is 0 Å². The van der Waals surface area contributed by atoms with E-state index in [0.717, 1.165) is 11.1 Å². The van der Waals surface area contributed by atoms with E-state index in [4.69, 9.17) is 27.9 Å². The van der Waals surface area contributed by atoms with Gasteiger partial charge in [0.1, 0.15) is 5.75 Å². The van der Waals surface area contributed by atoms with E-state index < -0.39 is 7.29 Å². The van der Waals surface area contributed by atoms with E-state index in [1.165, 1.54) is 11.6 Å². The largest absolute Gasteiger partial charge is 0.495 e. The molecular weight excluding hydrogens is 424 g/mol. The first kappa shape index (κ1) is 21.3. The summed E-state index contributed by atoms with van der Waals surface area (Å²) in [4.78, 5) is 0. The molecule has 0 heterocycles. The van der Waals surface area contributed by atoms with Crippen molar-refractivity contribution in [3.05, 3.63) is 108 Å². The van der Waals surface area contributed by atoms with Crippen molar-refractivity contribution in [1.82, 2.24) is 0 Å². The van der Waals surface area contributed by atoms with E-state index in [9.17, 15) is 4.57 Å². The minimum Gasteiger partial charge on any atom is -0.495 e. The van der Waals surface area contributed by atoms with Gasteiger partial charge in [0.15, 0.2) is 0 Å². The van der Waals surface area contributed by atoms with Gasteiger partial charge in [0.2, 0.25) is 7.29 Å². The highest BCUT2D eigenvalue weighted by molar-refractivity contribution is 7.72. The van der Waals surface area contributed by atoms with Crippen molar-refractivity contribution in [2.45, 2.75) is 0 Å². The number of ether oxygens (including phenoxy) is 1. The Morgan fingerprint density at radius 3 is 1.72 bits per heavy atom. The predicted octanol–water partition coefficient (Wildman–Crippen LogP) is 7.86. The Hall–Kier alpha value is -2.45. The van der Waals surface area contributed by atoms with Crippen LogP contribution in [0.5, 0.6) is 5.75 Å². The first-order chi connectivity index (χ1) is 14.0. The van der Waals surface area contributed by atoms with E-state index in [1.807, 2.05) is 72.8 Å². The summed E-state index contributed by atoms with van der Waals surface area (Å²) >= 11 is 13.0. The number of nitrogens with one attached hydrogen (secondary N) is 1. The molecule has 3 aromatic carbocycles. The van der Waals surface area contributed by atoms with Gasteiger partial charge in [-0.3, -0.25) is 4.57 Å². The van der Waals surface area contributed by atoms with Gasteiger partial charge < -0.3 is 9.82 Å². The molecule has 148 valence electrons. The quantitative estimate of drug-likeness (QED) is 0.377. The van der Waals surface area contributed by atoms with Crippen molar-refractivity contribution in [1.29, 1.82) is 0 Å². The Balaban J connectivity index is 2.06. The van der Waals surface area contributed by atoms with E-state index >= 15 is 0 Å². The molecule has 0 aromatic heterocycles. The number of benzene rings is 3. The highest BCUT2D eigenvalue weighted by Gasteiger charge is 2.21. The van der Waals surface area contributed by atoms with Crippen LogP contribution in [-0.2, 0) is 4.57 Å². The summed E-state index contributed by atoms with van der Waals surface area (Å²) in [5.41, 5.74) is 2.11. The van der Waals surface area contributed by atoms with Crippen LogP contribution in [0.1, 0.15) is 11.1 Å². The maximum Gasteiger partial charge on any atom is 0.216 e. The van der Waals surface area contributed by atoms with Crippen molar-refractivity contribution >= 4 is 46.2 Å². The second-order valence-electron chi connectivity index (χ2n) is 6.21. The van der Waals surface area contributed by atoms with Crippen LogP contribution < -0.4 is 9.82 Å². The van der Waals surface area contributed by atoms with E-state index in [0.29, 0.717) is 21.5 Å². The van der Waals surface area contributed by atoms with Crippen molar-refractivity contribution in [2.24, 2.45) is 0 Å². The van der Waals surface area contributed by atoms with Gasteiger partial charge in [-0.05, 0) is 23.3 Å². The van der Waals surface area contributed by atoms with Gasteiger partial charge in [-0.1, -0.05) is 96.0 Å². The molecule has 0 bridgehead atoms. The lowest BCUT2D eigenvalue weighted by atomic mass is 10.2. The second kappa shape index (κ2) is 9.84. The van der Waals surface area contributed by atoms with E-state index in [-0.39, 0.29) is 0 Å². The summed E-state index contributed by atoms with van der Waals surface area (Å²) < 4.78 is 19.3. The summed E-state index contributed by atoms with van der Waals surface area (Å²) in [5.74, 6) is 3.60. The lowest BCUT2D eigenvalue weighted by Gasteiger charge is -2.17. The fourth-order valence-corrected chi connectivity index (χ4v) is 5.57. The minimum absolute atomic E-state index is 0.366. The minimum atomic E-state index is -3.34. The number of hydrogen-bond acceptors (Lipinski definition) is 2. The SMILES string of the molecule is COc1ccccc1NP(=O)(C=C(Cl)c1ccccc1)C=C(Cl)c1ccccc1. The molecule has 0 aliphatic rings. The molecule has 0 unspecified atom stereocenters. The normalized spacial score (nSPS) is 14.2. The number of para-hydroxylation sites is 2.